The predicted octanol–water partition coefficient (Wildman–Crippen LogP) is 2.66. The first-order chi connectivity index (χ1) is 9.16. The molecule has 2 aromatic rings. The highest BCUT2D eigenvalue weighted by Gasteiger charge is 2.02. The fourth-order valence-electron chi connectivity index (χ4n) is 1.77. The van der Waals surface area contributed by atoms with E-state index in [-0.39, 0.29) is 0 Å². The average molecular weight is 253 g/mol. The normalized spacial score (nSPS) is 10.6. The van der Waals surface area contributed by atoms with Gasteiger partial charge in [-0.3, -0.25) is 0 Å². The molecule has 2 amide bonds. The molecule has 96 valence electrons. The van der Waals surface area contributed by atoms with Crippen LogP contribution in [0.15, 0.2) is 53.6 Å². The number of benzene rings is 2. The summed E-state index contributed by atoms with van der Waals surface area (Å²) in [5.41, 5.74) is 11.4. The zero-order valence-electron chi connectivity index (χ0n) is 10.6. The second kappa shape index (κ2) is 5.82. The highest BCUT2D eigenvalue weighted by atomic mass is 16.2. The average Bonchev–Trinajstić information content (AvgIpc) is 2.40. The number of amides is 2. The van der Waals surface area contributed by atoms with E-state index in [0.717, 1.165) is 16.7 Å². The van der Waals surface area contributed by atoms with Gasteiger partial charge in [0.05, 0.1) is 6.21 Å². The Morgan fingerprint density at radius 3 is 2.53 bits per heavy atom. The number of aryl methyl sites for hydroxylation is 1. The third kappa shape index (κ3) is 3.42. The summed E-state index contributed by atoms with van der Waals surface area (Å²) in [4.78, 5) is 10.6. The van der Waals surface area contributed by atoms with Gasteiger partial charge in [0.1, 0.15) is 0 Å². The van der Waals surface area contributed by atoms with Crippen LogP contribution in [0.4, 0.5) is 4.79 Å². The van der Waals surface area contributed by atoms with Crippen molar-refractivity contribution in [2.75, 3.05) is 0 Å². The van der Waals surface area contributed by atoms with Crippen LogP contribution in [0.1, 0.15) is 11.1 Å². The fraction of sp³-hybridized carbons (Fsp3) is 0.0667. The maximum atomic E-state index is 10.6. The molecule has 0 spiro atoms. The van der Waals surface area contributed by atoms with E-state index in [2.05, 4.69) is 34.8 Å². The van der Waals surface area contributed by atoms with E-state index >= 15 is 0 Å². The van der Waals surface area contributed by atoms with Gasteiger partial charge in [0.25, 0.3) is 0 Å². The zero-order chi connectivity index (χ0) is 13.7. The zero-order valence-corrected chi connectivity index (χ0v) is 10.6. The first-order valence-corrected chi connectivity index (χ1v) is 5.91. The lowest BCUT2D eigenvalue weighted by Crippen LogP contribution is -2.24. The van der Waals surface area contributed by atoms with Gasteiger partial charge >= 0.3 is 6.03 Å². The molecule has 19 heavy (non-hydrogen) atoms. The maximum Gasteiger partial charge on any atom is 0.332 e. The Balaban J connectivity index is 2.33. The molecule has 0 fully saturated rings. The van der Waals surface area contributed by atoms with Crippen LogP contribution in [0.3, 0.4) is 0 Å². The van der Waals surface area contributed by atoms with Crippen molar-refractivity contribution in [3.8, 4) is 11.1 Å². The van der Waals surface area contributed by atoms with Gasteiger partial charge < -0.3 is 5.73 Å². The number of primary amides is 1. The maximum absolute atomic E-state index is 10.6. The van der Waals surface area contributed by atoms with Gasteiger partial charge in [0.2, 0.25) is 0 Å². The minimum Gasteiger partial charge on any atom is -0.350 e. The molecular weight excluding hydrogens is 238 g/mol. The van der Waals surface area contributed by atoms with E-state index in [1.807, 2.05) is 31.2 Å². The van der Waals surface area contributed by atoms with Crippen LogP contribution in [-0.4, -0.2) is 12.2 Å². The summed E-state index contributed by atoms with van der Waals surface area (Å²) in [6.45, 7) is 2.05. The number of carbonyl (C=O) groups excluding carboxylic acids is 1. The summed E-state index contributed by atoms with van der Waals surface area (Å²) in [7, 11) is 0. The summed E-state index contributed by atoms with van der Waals surface area (Å²) in [5.74, 6) is 0. The number of hydrazone groups is 1. The van der Waals surface area contributed by atoms with Gasteiger partial charge in [-0.15, -0.1) is 0 Å². The van der Waals surface area contributed by atoms with Gasteiger partial charge in [0.15, 0.2) is 0 Å². The van der Waals surface area contributed by atoms with Crippen molar-refractivity contribution in [3.05, 3.63) is 59.7 Å². The van der Waals surface area contributed by atoms with Crippen LogP contribution in [-0.2, 0) is 0 Å². The smallest absolute Gasteiger partial charge is 0.332 e. The molecule has 0 atom stereocenters. The first-order valence-electron chi connectivity index (χ1n) is 5.91. The second-order valence-corrected chi connectivity index (χ2v) is 4.19. The molecule has 4 nitrogen and oxygen atoms in total. The Morgan fingerprint density at radius 2 is 1.84 bits per heavy atom. The van der Waals surface area contributed by atoms with E-state index in [4.69, 9.17) is 5.73 Å². The van der Waals surface area contributed by atoms with Crippen molar-refractivity contribution in [1.29, 1.82) is 0 Å². The molecule has 0 bridgehead atoms. The molecule has 0 saturated heterocycles. The number of hydrogen-bond acceptors (Lipinski definition) is 2. The van der Waals surface area contributed by atoms with E-state index in [9.17, 15) is 4.79 Å². The Morgan fingerprint density at radius 1 is 1.16 bits per heavy atom. The Kier molecular flexibility index (Phi) is 3.93. The van der Waals surface area contributed by atoms with Crippen LogP contribution in [0.25, 0.3) is 11.1 Å². The molecule has 0 unspecified atom stereocenters. The van der Waals surface area contributed by atoms with Gasteiger partial charge in [-0.25, -0.2) is 10.2 Å². The molecule has 0 aliphatic heterocycles. The monoisotopic (exact) mass is 253 g/mol. The summed E-state index contributed by atoms with van der Waals surface area (Å²) in [6, 6.07) is 15.4. The number of nitrogens with two attached hydrogens (primary N) is 1. The van der Waals surface area contributed by atoms with Gasteiger partial charge in [-0.05, 0) is 18.1 Å². The largest absolute Gasteiger partial charge is 0.350 e. The third-order valence-corrected chi connectivity index (χ3v) is 2.70. The molecule has 0 saturated carbocycles. The molecule has 2 aromatic carbocycles. The highest BCUT2D eigenvalue weighted by molar-refractivity contribution is 5.90. The SMILES string of the molecule is Cc1ccc(-c2ccccc2C=NNC(N)=O)cc1. The summed E-state index contributed by atoms with van der Waals surface area (Å²) >= 11 is 0. The number of urea groups is 1. The minimum absolute atomic E-state index is 0.677. The molecule has 0 aromatic heterocycles. The van der Waals surface area contributed by atoms with Gasteiger partial charge in [0, 0.05) is 5.56 Å². The lowest BCUT2D eigenvalue weighted by Gasteiger charge is -2.06. The minimum atomic E-state index is -0.677. The predicted molar refractivity (Wildman–Crippen MR) is 76.9 cm³/mol. The fourth-order valence-corrected chi connectivity index (χ4v) is 1.77. The number of nitrogens with zero attached hydrogens (tertiary/aromatic N) is 1. The van der Waals surface area contributed by atoms with Gasteiger partial charge in [-0.2, -0.15) is 5.10 Å². The lowest BCUT2D eigenvalue weighted by molar-refractivity contribution is 0.249. The number of rotatable bonds is 3. The molecule has 4 heteroatoms. The van der Waals surface area contributed by atoms with Crippen molar-refractivity contribution in [1.82, 2.24) is 5.43 Å². The number of carbonyl (C=O) groups is 1. The third-order valence-electron chi connectivity index (χ3n) is 2.70. The Bertz CT molecular complexity index is 603. The molecule has 0 aliphatic carbocycles. The summed E-state index contributed by atoms with van der Waals surface area (Å²) in [5, 5.41) is 3.80. The van der Waals surface area contributed by atoms with Crippen LogP contribution < -0.4 is 11.2 Å². The molecule has 0 aliphatic rings. The van der Waals surface area contributed by atoms with E-state index < -0.39 is 6.03 Å². The summed E-state index contributed by atoms with van der Waals surface area (Å²) < 4.78 is 0. The summed E-state index contributed by atoms with van der Waals surface area (Å²) in [6.07, 6.45) is 1.58. The lowest BCUT2D eigenvalue weighted by atomic mass is 9.99. The van der Waals surface area contributed by atoms with E-state index in [0.29, 0.717) is 0 Å². The molecule has 2 rings (SSSR count). The van der Waals surface area contributed by atoms with Crippen LogP contribution >= 0.6 is 0 Å². The van der Waals surface area contributed by atoms with Crippen molar-refractivity contribution in [2.45, 2.75) is 6.92 Å². The van der Waals surface area contributed by atoms with Gasteiger partial charge in [-0.1, -0.05) is 54.1 Å². The van der Waals surface area contributed by atoms with Crippen LogP contribution in [0.5, 0.6) is 0 Å². The van der Waals surface area contributed by atoms with Crippen molar-refractivity contribution < 1.29 is 4.79 Å². The quantitative estimate of drug-likeness (QED) is 0.641. The Labute approximate surface area is 112 Å². The second-order valence-electron chi connectivity index (χ2n) is 4.19. The van der Waals surface area contributed by atoms with E-state index in [1.54, 1.807) is 6.21 Å². The topological polar surface area (TPSA) is 67.5 Å². The van der Waals surface area contributed by atoms with Crippen molar-refractivity contribution in [3.63, 3.8) is 0 Å². The highest BCUT2D eigenvalue weighted by Crippen LogP contribution is 2.22. The molecule has 3 N–H and O–H groups in total. The molecular formula is C15H15N3O. The van der Waals surface area contributed by atoms with E-state index in [1.165, 1.54) is 5.56 Å². The number of nitrogens with one attached hydrogen (secondary N) is 1. The standard InChI is InChI=1S/C15H15N3O/c1-11-6-8-12(9-7-11)14-5-3-2-4-13(14)10-17-18-15(16)19/h2-10H,1H3,(H3,16,18,19). The van der Waals surface area contributed by atoms with Crippen molar-refractivity contribution in [2.24, 2.45) is 10.8 Å². The molecule has 0 radical (unpaired) electrons. The van der Waals surface area contributed by atoms with Crippen LogP contribution in [0, 0.1) is 6.92 Å². The Hall–Kier alpha value is -2.62. The first kappa shape index (κ1) is 12.8. The number of hydrogen-bond donors (Lipinski definition) is 2. The van der Waals surface area contributed by atoms with Crippen LogP contribution in [0.2, 0.25) is 0 Å². The van der Waals surface area contributed by atoms with Crippen molar-refractivity contribution >= 4 is 12.2 Å². The molecule has 0 heterocycles.